The maximum Gasteiger partial charge on any atom is 0.348 e. The van der Waals surface area contributed by atoms with Crippen LogP contribution in [0.3, 0.4) is 0 Å². The van der Waals surface area contributed by atoms with Gasteiger partial charge in [-0.15, -0.1) is 0 Å². The summed E-state index contributed by atoms with van der Waals surface area (Å²) >= 11 is 0. The van der Waals surface area contributed by atoms with E-state index in [1.807, 2.05) is 6.07 Å². The number of aliphatic hydroxyl groups is 1. The van der Waals surface area contributed by atoms with Crippen molar-refractivity contribution < 1.29 is 19.4 Å². The predicted octanol–water partition coefficient (Wildman–Crippen LogP) is 0.269. The summed E-state index contributed by atoms with van der Waals surface area (Å²) in [6.45, 7) is 1.72. The van der Waals surface area contributed by atoms with E-state index in [0.717, 1.165) is 0 Å². The van der Waals surface area contributed by atoms with E-state index in [-0.39, 0.29) is 13.0 Å². The topological polar surface area (TPSA) is 75.6 Å². The van der Waals surface area contributed by atoms with Crippen LogP contribution in [0.5, 0.6) is 0 Å². The van der Waals surface area contributed by atoms with Gasteiger partial charge in [0, 0.05) is 13.5 Å². The summed E-state index contributed by atoms with van der Waals surface area (Å²) in [6.07, 6.45) is -0.119. The first kappa shape index (κ1) is 14.2. The minimum absolute atomic E-state index is 0.104. The van der Waals surface area contributed by atoms with Gasteiger partial charge in [-0.05, 0) is 12.5 Å². The minimum Gasteiger partial charge on any atom is -0.463 e. The molecule has 5 nitrogen and oxygen atoms in total. The Morgan fingerprint density at radius 2 is 1.94 bits per heavy atom. The molecule has 1 rings (SSSR count). The van der Waals surface area contributed by atoms with E-state index < -0.39 is 17.5 Å². The number of hydrogen-bond donors (Lipinski definition) is 2. The van der Waals surface area contributed by atoms with Gasteiger partial charge in [0.05, 0.1) is 6.61 Å². The number of benzene rings is 1. The highest BCUT2D eigenvalue weighted by molar-refractivity contribution is 6.06. The molecule has 1 atom stereocenters. The Balaban J connectivity index is 2.98. The molecule has 98 valence electrons. The molecule has 2 N–H and O–H groups in total. The summed E-state index contributed by atoms with van der Waals surface area (Å²) in [5.41, 5.74) is -1.51. The van der Waals surface area contributed by atoms with Gasteiger partial charge in [-0.1, -0.05) is 30.3 Å². The Labute approximate surface area is 106 Å². The molecule has 0 radical (unpaired) electrons. The standard InChI is InChI=1S/C13H17NO4/c1-3-18-12(16)13(17,11(15)14-2)9-10-7-5-4-6-8-10/h4-8,17H,3,9H2,1-2H3,(H,14,15)/t13-/m1/s1. The van der Waals surface area contributed by atoms with Crippen molar-refractivity contribution in [2.45, 2.75) is 18.9 Å². The number of nitrogens with one attached hydrogen (secondary N) is 1. The molecular weight excluding hydrogens is 234 g/mol. The zero-order chi connectivity index (χ0) is 13.6. The number of hydrogen-bond acceptors (Lipinski definition) is 4. The number of rotatable bonds is 5. The van der Waals surface area contributed by atoms with Crippen LogP contribution in [0.25, 0.3) is 0 Å². The molecule has 0 saturated heterocycles. The van der Waals surface area contributed by atoms with Crippen molar-refractivity contribution in [1.82, 2.24) is 5.32 Å². The number of esters is 1. The molecule has 0 aliphatic carbocycles. The molecule has 0 unspecified atom stereocenters. The first-order valence-electron chi connectivity index (χ1n) is 5.70. The molecule has 0 saturated carbocycles. The first-order chi connectivity index (χ1) is 8.54. The number of amides is 1. The third kappa shape index (κ3) is 3.07. The number of carbonyl (C=O) groups excluding carboxylic acids is 2. The summed E-state index contributed by atoms with van der Waals surface area (Å²) in [5, 5.41) is 12.5. The highest BCUT2D eigenvalue weighted by atomic mass is 16.5. The molecule has 5 heteroatoms. The monoisotopic (exact) mass is 251 g/mol. The molecule has 1 aromatic rings. The van der Waals surface area contributed by atoms with Crippen molar-refractivity contribution in [3.63, 3.8) is 0 Å². The zero-order valence-electron chi connectivity index (χ0n) is 10.5. The maximum atomic E-state index is 11.7. The molecule has 0 bridgehead atoms. The molecule has 0 spiro atoms. The van der Waals surface area contributed by atoms with E-state index in [1.54, 1.807) is 31.2 Å². The van der Waals surface area contributed by atoms with E-state index in [1.165, 1.54) is 7.05 Å². The van der Waals surface area contributed by atoms with Crippen LogP contribution in [0.4, 0.5) is 0 Å². The van der Waals surface area contributed by atoms with E-state index in [0.29, 0.717) is 5.56 Å². The van der Waals surface area contributed by atoms with Gasteiger partial charge in [-0.3, -0.25) is 4.79 Å². The van der Waals surface area contributed by atoms with Gasteiger partial charge in [-0.25, -0.2) is 4.79 Å². The van der Waals surface area contributed by atoms with Gasteiger partial charge in [-0.2, -0.15) is 0 Å². The summed E-state index contributed by atoms with van der Waals surface area (Å²) in [4.78, 5) is 23.4. The lowest BCUT2D eigenvalue weighted by Crippen LogP contribution is -2.54. The molecule has 1 aromatic carbocycles. The average Bonchev–Trinajstić information content (AvgIpc) is 2.39. The van der Waals surface area contributed by atoms with Crippen molar-refractivity contribution >= 4 is 11.9 Å². The largest absolute Gasteiger partial charge is 0.463 e. The van der Waals surface area contributed by atoms with Gasteiger partial charge >= 0.3 is 5.97 Å². The SMILES string of the molecule is CCOC(=O)[C@@](O)(Cc1ccccc1)C(=O)NC. The maximum absolute atomic E-state index is 11.7. The van der Waals surface area contributed by atoms with Crippen molar-refractivity contribution in [1.29, 1.82) is 0 Å². The Morgan fingerprint density at radius 1 is 1.33 bits per heavy atom. The number of likely N-dealkylation sites (N-methyl/N-ethyl adjacent to an activating group) is 1. The second-order valence-electron chi connectivity index (χ2n) is 3.82. The summed E-state index contributed by atoms with van der Waals surface area (Å²) in [7, 11) is 1.36. The van der Waals surface area contributed by atoms with Crippen LogP contribution in [0.2, 0.25) is 0 Å². The Bertz CT molecular complexity index is 418. The lowest BCUT2D eigenvalue weighted by molar-refractivity contribution is -0.171. The zero-order valence-corrected chi connectivity index (χ0v) is 10.5. The van der Waals surface area contributed by atoms with Crippen LogP contribution in [0.15, 0.2) is 30.3 Å². The third-order valence-electron chi connectivity index (χ3n) is 2.52. The normalized spacial score (nSPS) is 13.5. The molecular formula is C13H17NO4. The molecule has 0 fully saturated rings. The molecule has 0 aliphatic heterocycles. The molecule has 1 amide bonds. The second-order valence-corrected chi connectivity index (χ2v) is 3.82. The number of carbonyl (C=O) groups is 2. The van der Waals surface area contributed by atoms with Crippen LogP contribution in [-0.4, -0.2) is 36.2 Å². The quantitative estimate of drug-likeness (QED) is 0.582. The fourth-order valence-corrected chi connectivity index (χ4v) is 1.59. The molecule has 0 heterocycles. The lowest BCUT2D eigenvalue weighted by atomic mass is 9.93. The Hall–Kier alpha value is -1.88. The van der Waals surface area contributed by atoms with Crippen molar-refractivity contribution in [3.8, 4) is 0 Å². The van der Waals surface area contributed by atoms with Gasteiger partial charge < -0.3 is 15.2 Å². The summed E-state index contributed by atoms with van der Waals surface area (Å²) in [5.74, 6) is -1.71. The van der Waals surface area contributed by atoms with Crippen LogP contribution >= 0.6 is 0 Å². The first-order valence-corrected chi connectivity index (χ1v) is 5.70. The highest BCUT2D eigenvalue weighted by Crippen LogP contribution is 2.16. The highest BCUT2D eigenvalue weighted by Gasteiger charge is 2.45. The van der Waals surface area contributed by atoms with Gasteiger partial charge in [0.25, 0.3) is 5.91 Å². The van der Waals surface area contributed by atoms with Crippen LogP contribution in [-0.2, 0) is 20.7 Å². The minimum atomic E-state index is -2.19. The van der Waals surface area contributed by atoms with Crippen LogP contribution < -0.4 is 5.32 Å². The number of ether oxygens (including phenoxy) is 1. The fraction of sp³-hybridized carbons (Fsp3) is 0.385. The van der Waals surface area contributed by atoms with E-state index in [9.17, 15) is 14.7 Å². The van der Waals surface area contributed by atoms with Crippen molar-refractivity contribution in [2.24, 2.45) is 0 Å². The predicted molar refractivity (Wildman–Crippen MR) is 65.8 cm³/mol. The van der Waals surface area contributed by atoms with E-state index in [2.05, 4.69) is 5.32 Å². The van der Waals surface area contributed by atoms with Crippen LogP contribution in [0, 0.1) is 0 Å². The van der Waals surface area contributed by atoms with Gasteiger partial charge in [0.2, 0.25) is 5.60 Å². The van der Waals surface area contributed by atoms with Gasteiger partial charge in [0.15, 0.2) is 0 Å². The van der Waals surface area contributed by atoms with Crippen molar-refractivity contribution in [3.05, 3.63) is 35.9 Å². The smallest absolute Gasteiger partial charge is 0.348 e. The Kier molecular flexibility index (Phi) is 4.85. The van der Waals surface area contributed by atoms with E-state index in [4.69, 9.17) is 4.74 Å². The van der Waals surface area contributed by atoms with E-state index >= 15 is 0 Å². The molecule has 18 heavy (non-hydrogen) atoms. The second kappa shape index (κ2) is 6.16. The molecule has 0 aliphatic rings. The van der Waals surface area contributed by atoms with Crippen molar-refractivity contribution in [2.75, 3.05) is 13.7 Å². The lowest BCUT2D eigenvalue weighted by Gasteiger charge is -2.23. The molecule has 0 aromatic heterocycles. The Morgan fingerprint density at radius 3 is 2.44 bits per heavy atom. The fourth-order valence-electron chi connectivity index (χ4n) is 1.59. The third-order valence-corrected chi connectivity index (χ3v) is 2.52. The van der Waals surface area contributed by atoms with Gasteiger partial charge in [0.1, 0.15) is 0 Å². The summed E-state index contributed by atoms with van der Waals surface area (Å²) < 4.78 is 4.75. The average molecular weight is 251 g/mol. The summed E-state index contributed by atoms with van der Waals surface area (Å²) in [6, 6.07) is 8.81. The van der Waals surface area contributed by atoms with Crippen LogP contribution in [0.1, 0.15) is 12.5 Å².